The van der Waals surface area contributed by atoms with E-state index in [1.165, 1.54) is 11.9 Å². The van der Waals surface area contributed by atoms with Crippen molar-refractivity contribution in [2.45, 2.75) is 44.2 Å². The van der Waals surface area contributed by atoms with Crippen molar-refractivity contribution < 1.29 is 5.11 Å². The van der Waals surface area contributed by atoms with Gasteiger partial charge in [0.15, 0.2) is 0 Å². The Kier molecular flexibility index (Phi) is 3.50. The molecule has 1 spiro atoms. The van der Waals surface area contributed by atoms with Crippen LogP contribution in [0.5, 0.6) is 0 Å². The molecule has 3 heterocycles. The Hall–Kier alpha value is -2.47. The number of nitrogens with zero attached hydrogens (tertiary/aromatic N) is 4. The minimum absolute atomic E-state index is 0.0622. The van der Waals surface area contributed by atoms with Crippen molar-refractivity contribution >= 4 is 16.9 Å². The Labute approximate surface area is 152 Å². The zero-order valence-electron chi connectivity index (χ0n) is 14.6. The van der Waals surface area contributed by atoms with Crippen LogP contribution in [0.2, 0.25) is 0 Å². The van der Waals surface area contributed by atoms with E-state index in [9.17, 15) is 5.11 Å². The van der Waals surface area contributed by atoms with Crippen LogP contribution in [0.1, 0.15) is 37.3 Å². The lowest BCUT2D eigenvalue weighted by Gasteiger charge is -2.48. The lowest BCUT2D eigenvalue weighted by Crippen LogP contribution is -2.43. The van der Waals surface area contributed by atoms with E-state index in [1.807, 2.05) is 30.7 Å². The zero-order chi connectivity index (χ0) is 17.7. The van der Waals surface area contributed by atoms with Crippen molar-refractivity contribution in [2.24, 2.45) is 11.3 Å². The molecule has 2 aliphatic rings. The van der Waals surface area contributed by atoms with Crippen LogP contribution >= 0.6 is 0 Å². The van der Waals surface area contributed by atoms with E-state index in [4.69, 9.17) is 5.73 Å². The molecule has 134 valence electrons. The minimum Gasteiger partial charge on any atom is -0.392 e. The molecule has 0 bridgehead atoms. The summed E-state index contributed by atoms with van der Waals surface area (Å²) < 4.78 is 2.18. The van der Waals surface area contributed by atoms with Crippen LogP contribution in [-0.2, 0) is 6.42 Å². The van der Waals surface area contributed by atoms with E-state index in [2.05, 4.69) is 25.6 Å². The van der Waals surface area contributed by atoms with Gasteiger partial charge in [-0.25, -0.2) is 9.97 Å². The zero-order valence-corrected chi connectivity index (χ0v) is 14.6. The number of nitrogen functional groups attached to an aromatic ring is 1. The number of rotatable bonds is 3. The van der Waals surface area contributed by atoms with Gasteiger partial charge in [0.25, 0.3) is 0 Å². The van der Waals surface area contributed by atoms with E-state index < -0.39 is 0 Å². The molecular formula is C20H23N5O. The molecule has 0 aromatic carbocycles. The maximum absolute atomic E-state index is 10.8. The molecule has 3 aromatic heterocycles. The summed E-state index contributed by atoms with van der Waals surface area (Å²) in [6, 6.07) is 6.39. The molecule has 0 saturated heterocycles. The largest absolute Gasteiger partial charge is 0.392 e. The monoisotopic (exact) mass is 349 g/mol. The second kappa shape index (κ2) is 5.77. The summed E-state index contributed by atoms with van der Waals surface area (Å²) >= 11 is 0. The van der Waals surface area contributed by atoms with Crippen LogP contribution in [0.4, 0.5) is 5.82 Å². The number of aromatic nitrogens is 4. The molecule has 2 aliphatic carbocycles. The number of aliphatic hydroxyl groups is 1. The smallest absolute Gasteiger partial charge is 0.145 e. The van der Waals surface area contributed by atoms with Crippen LogP contribution < -0.4 is 5.73 Å². The van der Waals surface area contributed by atoms with Gasteiger partial charge in [-0.15, -0.1) is 0 Å². The van der Waals surface area contributed by atoms with Crippen molar-refractivity contribution in [1.29, 1.82) is 0 Å². The topological polar surface area (TPSA) is 89.8 Å². The molecule has 3 N–H and O–H groups in total. The van der Waals surface area contributed by atoms with E-state index >= 15 is 0 Å². The number of hydrogen-bond acceptors (Lipinski definition) is 5. The fourth-order valence-corrected chi connectivity index (χ4v) is 5.22. The molecule has 5 rings (SSSR count). The molecule has 0 aliphatic heterocycles. The Balaban J connectivity index is 1.32. The standard InChI is InChI=1S/C20H23N5O/c21-18-16-3-5-25(19(16)24-12-23-18)15-7-17(26)20(10-15)8-14(9-20)6-13-2-1-4-22-11-13/h1-5,11-12,14-15,17,26H,6-10H2,(H2,21,23,24)/t14-,15-,17-,20-/m0/s1. The predicted molar refractivity (Wildman–Crippen MR) is 99.3 cm³/mol. The van der Waals surface area contributed by atoms with Gasteiger partial charge >= 0.3 is 0 Å². The second-order valence-corrected chi connectivity index (χ2v) is 8.03. The Morgan fingerprint density at radius 2 is 2.12 bits per heavy atom. The predicted octanol–water partition coefficient (Wildman–Crippen LogP) is 2.74. The van der Waals surface area contributed by atoms with Gasteiger partial charge in [0.2, 0.25) is 0 Å². The van der Waals surface area contributed by atoms with Crippen LogP contribution in [0, 0.1) is 11.3 Å². The molecule has 0 amide bonds. The normalized spacial score (nSPS) is 30.7. The number of hydrogen-bond donors (Lipinski definition) is 2. The van der Waals surface area contributed by atoms with E-state index in [0.717, 1.165) is 43.1 Å². The lowest BCUT2D eigenvalue weighted by atomic mass is 9.58. The maximum Gasteiger partial charge on any atom is 0.145 e. The van der Waals surface area contributed by atoms with Crippen molar-refractivity contribution in [3.05, 3.63) is 48.7 Å². The lowest BCUT2D eigenvalue weighted by molar-refractivity contribution is -0.0467. The summed E-state index contributed by atoms with van der Waals surface area (Å²) in [6.07, 6.45) is 12.1. The molecule has 0 unspecified atom stereocenters. The summed E-state index contributed by atoms with van der Waals surface area (Å²) in [6.45, 7) is 0. The first-order valence-electron chi connectivity index (χ1n) is 9.29. The minimum atomic E-state index is -0.241. The van der Waals surface area contributed by atoms with Crippen molar-refractivity contribution in [2.75, 3.05) is 5.73 Å². The van der Waals surface area contributed by atoms with Crippen molar-refractivity contribution in [1.82, 2.24) is 19.5 Å². The molecule has 6 heteroatoms. The summed E-state index contributed by atoms with van der Waals surface area (Å²) in [5, 5.41) is 11.7. The van der Waals surface area contributed by atoms with Gasteiger partial charge in [0.05, 0.1) is 11.5 Å². The highest BCUT2D eigenvalue weighted by Crippen LogP contribution is 2.59. The van der Waals surface area contributed by atoms with Crippen LogP contribution in [-0.4, -0.2) is 30.7 Å². The summed E-state index contributed by atoms with van der Waals surface area (Å²) in [7, 11) is 0. The molecule has 0 radical (unpaired) electrons. The average Bonchev–Trinajstić information content (AvgIpc) is 3.18. The number of pyridine rings is 1. The second-order valence-electron chi connectivity index (χ2n) is 8.03. The molecule has 2 saturated carbocycles. The average molecular weight is 349 g/mol. The fourth-order valence-electron chi connectivity index (χ4n) is 5.22. The molecule has 2 atom stereocenters. The van der Waals surface area contributed by atoms with Gasteiger partial charge in [-0.3, -0.25) is 4.98 Å². The van der Waals surface area contributed by atoms with Crippen LogP contribution in [0.15, 0.2) is 43.1 Å². The number of nitrogens with two attached hydrogens (primary N) is 1. The summed E-state index contributed by atoms with van der Waals surface area (Å²) in [5.74, 6) is 1.16. The third kappa shape index (κ3) is 2.40. The van der Waals surface area contributed by atoms with Gasteiger partial charge in [0.1, 0.15) is 17.8 Å². The Morgan fingerprint density at radius 3 is 2.92 bits per heavy atom. The summed E-state index contributed by atoms with van der Waals surface area (Å²) in [4.78, 5) is 12.7. The third-order valence-electron chi connectivity index (χ3n) is 6.42. The quantitative estimate of drug-likeness (QED) is 0.759. The number of fused-ring (bicyclic) bond motifs is 1. The first-order valence-corrected chi connectivity index (χ1v) is 9.29. The van der Waals surface area contributed by atoms with E-state index in [0.29, 0.717) is 11.7 Å². The number of aliphatic hydroxyl groups excluding tert-OH is 1. The first-order chi connectivity index (χ1) is 12.6. The molecule has 3 aromatic rings. The van der Waals surface area contributed by atoms with Crippen molar-refractivity contribution in [3.63, 3.8) is 0 Å². The van der Waals surface area contributed by atoms with Crippen molar-refractivity contribution in [3.8, 4) is 0 Å². The molecule has 26 heavy (non-hydrogen) atoms. The Bertz CT molecular complexity index is 932. The maximum atomic E-state index is 10.8. The highest BCUT2D eigenvalue weighted by atomic mass is 16.3. The Morgan fingerprint density at radius 1 is 1.23 bits per heavy atom. The molecular weight excluding hydrogens is 326 g/mol. The third-order valence-corrected chi connectivity index (χ3v) is 6.42. The van der Waals surface area contributed by atoms with Gasteiger partial charge < -0.3 is 15.4 Å². The van der Waals surface area contributed by atoms with Gasteiger partial charge in [-0.05, 0) is 61.1 Å². The molecule has 6 nitrogen and oxygen atoms in total. The van der Waals surface area contributed by atoms with E-state index in [1.54, 1.807) is 0 Å². The van der Waals surface area contributed by atoms with Crippen LogP contribution in [0.25, 0.3) is 11.0 Å². The van der Waals surface area contributed by atoms with Gasteiger partial charge in [-0.2, -0.15) is 0 Å². The molecule has 2 fully saturated rings. The highest BCUT2D eigenvalue weighted by molar-refractivity contribution is 5.86. The van der Waals surface area contributed by atoms with E-state index in [-0.39, 0.29) is 17.6 Å². The first kappa shape index (κ1) is 15.8. The summed E-state index contributed by atoms with van der Waals surface area (Å²) in [5.41, 5.74) is 8.19. The van der Waals surface area contributed by atoms with Gasteiger partial charge in [0, 0.05) is 24.6 Å². The highest BCUT2D eigenvalue weighted by Gasteiger charge is 2.54. The fraction of sp³-hybridized carbons (Fsp3) is 0.450. The van der Waals surface area contributed by atoms with Gasteiger partial charge in [-0.1, -0.05) is 6.07 Å². The SMILES string of the molecule is Nc1ncnc2c1ccn2[C@H]1C[C@H](O)[C@]2(C1)C[C@@H](Cc1cccnc1)C2. The number of anilines is 1. The van der Waals surface area contributed by atoms with Crippen LogP contribution in [0.3, 0.4) is 0 Å².